The minimum atomic E-state index is -2.37. The summed E-state index contributed by atoms with van der Waals surface area (Å²) in [5.74, 6) is 0. The van der Waals surface area contributed by atoms with Gasteiger partial charge in [0.2, 0.25) is 0 Å². The molecule has 0 N–H and O–H groups in total. The van der Waals surface area contributed by atoms with Crippen LogP contribution in [0.25, 0.3) is 0 Å². The molecule has 2 aromatic carbocycles. The molecule has 0 saturated heterocycles. The summed E-state index contributed by atoms with van der Waals surface area (Å²) in [6, 6.07) is 21.6. The third-order valence-electron chi connectivity index (χ3n) is 4.84. The lowest BCUT2D eigenvalue weighted by Gasteiger charge is -2.43. The van der Waals surface area contributed by atoms with Crippen LogP contribution < -0.4 is 10.4 Å². The summed E-state index contributed by atoms with van der Waals surface area (Å²) in [5, 5.41) is 2.97. The van der Waals surface area contributed by atoms with Gasteiger partial charge in [-0.25, -0.2) is 0 Å². The molecule has 0 radical (unpaired) electrons. The zero-order chi connectivity index (χ0) is 18.3. The summed E-state index contributed by atoms with van der Waals surface area (Å²) < 4.78 is 6.84. The number of hydrogen-bond donors (Lipinski definition) is 0. The van der Waals surface area contributed by atoms with Crippen molar-refractivity contribution in [1.82, 2.24) is 0 Å². The van der Waals surface area contributed by atoms with Crippen molar-refractivity contribution in [2.75, 3.05) is 6.61 Å². The van der Waals surface area contributed by atoms with Crippen LogP contribution in [-0.2, 0) is 4.43 Å². The second kappa shape index (κ2) is 9.02. The summed E-state index contributed by atoms with van der Waals surface area (Å²) in [5.41, 5.74) is 0. The normalized spacial score (nSPS) is 13.6. The number of halogens is 1. The lowest BCUT2D eigenvalue weighted by Crippen LogP contribution is -2.66. The van der Waals surface area contributed by atoms with Crippen LogP contribution in [0.1, 0.15) is 47.0 Å². The second-order valence-electron chi connectivity index (χ2n) is 7.66. The molecule has 136 valence electrons. The number of alkyl halides is 1. The maximum atomic E-state index is 6.84. The van der Waals surface area contributed by atoms with Crippen LogP contribution in [0.3, 0.4) is 0 Å². The molecule has 0 amide bonds. The van der Waals surface area contributed by atoms with Gasteiger partial charge in [0.25, 0.3) is 8.32 Å². The van der Waals surface area contributed by atoms with Gasteiger partial charge in [0.05, 0.1) is 0 Å². The highest BCUT2D eigenvalue weighted by Crippen LogP contribution is 2.36. The van der Waals surface area contributed by atoms with Crippen LogP contribution in [0.15, 0.2) is 60.7 Å². The Balaban J connectivity index is 2.39. The first kappa shape index (κ1) is 20.2. The van der Waals surface area contributed by atoms with Gasteiger partial charge in [0, 0.05) is 12.0 Å². The lowest BCUT2D eigenvalue weighted by atomic mass is 10.2. The van der Waals surface area contributed by atoms with Crippen LogP contribution in [0, 0.1) is 0 Å². The maximum absolute atomic E-state index is 6.84. The molecule has 0 heterocycles. The number of rotatable bonds is 8. The Bertz CT molecular complexity index is 582. The van der Waals surface area contributed by atoms with Gasteiger partial charge in [-0.2, -0.15) is 0 Å². The SMILES string of the molecule is CCC(Cl)CCCO[Si](c1ccccc1)(c1ccccc1)C(C)(C)C. The molecule has 0 fully saturated rings. The molecular formula is C22H31ClOSi. The van der Waals surface area contributed by atoms with Crippen molar-refractivity contribution < 1.29 is 4.43 Å². The second-order valence-corrected chi connectivity index (χ2v) is 12.6. The smallest absolute Gasteiger partial charge is 0.261 e. The Morgan fingerprint density at radius 3 is 1.80 bits per heavy atom. The van der Waals surface area contributed by atoms with Gasteiger partial charge in [-0.1, -0.05) is 88.4 Å². The zero-order valence-corrected chi connectivity index (χ0v) is 17.7. The Hall–Kier alpha value is -1.09. The van der Waals surface area contributed by atoms with Crippen molar-refractivity contribution in [2.45, 2.75) is 57.4 Å². The fourth-order valence-electron chi connectivity index (χ4n) is 3.50. The fourth-order valence-corrected chi connectivity index (χ4v) is 8.26. The Morgan fingerprint density at radius 1 is 0.920 bits per heavy atom. The highest BCUT2D eigenvalue weighted by molar-refractivity contribution is 6.99. The first-order chi connectivity index (χ1) is 11.9. The first-order valence-electron chi connectivity index (χ1n) is 9.31. The van der Waals surface area contributed by atoms with Crippen LogP contribution in [0.4, 0.5) is 0 Å². The highest BCUT2D eigenvalue weighted by Gasteiger charge is 2.49. The molecule has 1 atom stereocenters. The van der Waals surface area contributed by atoms with Crippen molar-refractivity contribution in [2.24, 2.45) is 0 Å². The minimum Gasteiger partial charge on any atom is -0.407 e. The molecule has 25 heavy (non-hydrogen) atoms. The topological polar surface area (TPSA) is 9.23 Å². The van der Waals surface area contributed by atoms with E-state index < -0.39 is 8.32 Å². The summed E-state index contributed by atoms with van der Waals surface area (Å²) in [6.45, 7) is 9.85. The van der Waals surface area contributed by atoms with E-state index in [1.165, 1.54) is 10.4 Å². The monoisotopic (exact) mass is 374 g/mol. The lowest BCUT2D eigenvalue weighted by molar-refractivity contribution is 0.287. The first-order valence-corrected chi connectivity index (χ1v) is 11.7. The van der Waals surface area contributed by atoms with Crippen LogP contribution >= 0.6 is 11.6 Å². The fraction of sp³-hybridized carbons (Fsp3) is 0.455. The van der Waals surface area contributed by atoms with Gasteiger partial charge in [0.1, 0.15) is 0 Å². The quantitative estimate of drug-likeness (QED) is 0.343. The number of hydrogen-bond acceptors (Lipinski definition) is 1. The van der Waals surface area contributed by atoms with Gasteiger partial charge < -0.3 is 4.43 Å². The van der Waals surface area contributed by atoms with Crippen LogP contribution in [-0.4, -0.2) is 20.3 Å². The Labute approximate surface area is 159 Å². The van der Waals surface area contributed by atoms with E-state index in [0.717, 1.165) is 25.9 Å². The predicted molar refractivity (Wildman–Crippen MR) is 113 cm³/mol. The molecule has 2 rings (SSSR count). The highest BCUT2D eigenvalue weighted by atomic mass is 35.5. The zero-order valence-electron chi connectivity index (χ0n) is 16.0. The Kier molecular flexibility index (Phi) is 7.30. The third-order valence-corrected chi connectivity index (χ3v) is 10.4. The molecule has 1 unspecified atom stereocenters. The van der Waals surface area contributed by atoms with Gasteiger partial charge in [-0.3, -0.25) is 0 Å². The molecule has 0 aliphatic carbocycles. The average Bonchev–Trinajstić information content (AvgIpc) is 2.62. The summed E-state index contributed by atoms with van der Waals surface area (Å²) >= 11 is 6.29. The van der Waals surface area contributed by atoms with Crippen molar-refractivity contribution in [3.63, 3.8) is 0 Å². The minimum absolute atomic E-state index is 0.0425. The van der Waals surface area contributed by atoms with E-state index in [1.54, 1.807) is 0 Å². The van der Waals surface area contributed by atoms with E-state index in [-0.39, 0.29) is 10.4 Å². The van der Waals surface area contributed by atoms with Crippen LogP contribution in [0.5, 0.6) is 0 Å². The molecule has 1 nitrogen and oxygen atoms in total. The van der Waals surface area contributed by atoms with E-state index >= 15 is 0 Å². The molecule has 0 aliphatic heterocycles. The maximum Gasteiger partial charge on any atom is 0.261 e. The molecule has 0 aromatic heterocycles. The molecule has 0 bridgehead atoms. The van der Waals surface area contributed by atoms with Crippen molar-refractivity contribution in [1.29, 1.82) is 0 Å². The number of benzene rings is 2. The molecular weight excluding hydrogens is 344 g/mol. The summed E-state index contributed by atoms with van der Waals surface area (Å²) in [4.78, 5) is 0. The standard InChI is InChI=1S/C22H31ClOSi/c1-5-19(23)13-12-18-24-25(22(2,3)4,20-14-8-6-9-15-20)21-16-10-7-11-17-21/h6-11,14-17,19H,5,12-13,18H2,1-4H3. The van der Waals surface area contributed by atoms with Gasteiger partial charge in [0.15, 0.2) is 0 Å². The van der Waals surface area contributed by atoms with Crippen molar-refractivity contribution in [3.8, 4) is 0 Å². The van der Waals surface area contributed by atoms with E-state index in [0.29, 0.717) is 0 Å². The van der Waals surface area contributed by atoms with Crippen LogP contribution in [0.2, 0.25) is 5.04 Å². The van der Waals surface area contributed by atoms with Gasteiger partial charge >= 0.3 is 0 Å². The van der Waals surface area contributed by atoms with E-state index in [2.05, 4.69) is 88.4 Å². The molecule has 0 saturated carbocycles. The molecule has 0 aliphatic rings. The predicted octanol–water partition coefficient (Wildman–Crippen LogP) is 5.36. The third kappa shape index (κ3) is 4.75. The molecule has 2 aromatic rings. The van der Waals surface area contributed by atoms with E-state index in [9.17, 15) is 0 Å². The summed E-state index contributed by atoms with van der Waals surface area (Å²) in [6.07, 6.45) is 3.03. The molecule has 3 heteroatoms. The van der Waals surface area contributed by atoms with Gasteiger partial charge in [-0.05, 0) is 34.7 Å². The van der Waals surface area contributed by atoms with Crippen molar-refractivity contribution >= 4 is 30.3 Å². The van der Waals surface area contributed by atoms with Crippen molar-refractivity contribution in [3.05, 3.63) is 60.7 Å². The van der Waals surface area contributed by atoms with Gasteiger partial charge in [-0.15, -0.1) is 11.6 Å². The largest absolute Gasteiger partial charge is 0.407 e. The summed E-state index contributed by atoms with van der Waals surface area (Å²) in [7, 11) is -2.37. The average molecular weight is 375 g/mol. The van der Waals surface area contributed by atoms with E-state index in [4.69, 9.17) is 16.0 Å². The Morgan fingerprint density at radius 2 is 1.40 bits per heavy atom. The van der Waals surface area contributed by atoms with E-state index in [1.807, 2.05) is 0 Å². The molecule has 0 spiro atoms.